The van der Waals surface area contributed by atoms with E-state index in [1.54, 1.807) is 6.07 Å². The van der Waals surface area contributed by atoms with Gasteiger partial charge in [-0.2, -0.15) is 0 Å². The molecule has 2 rings (SSSR count). The Morgan fingerprint density at radius 2 is 2.20 bits per heavy atom. The SMILES string of the molecule is C=C(CO)C1=C(/C=C\C)C(C)c2cc(F)ccc2CC1. The van der Waals surface area contributed by atoms with E-state index in [4.69, 9.17) is 0 Å². The third kappa shape index (κ3) is 2.75. The Labute approximate surface area is 120 Å². The fourth-order valence-corrected chi connectivity index (χ4v) is 2.93. The van der Waals surface area contributed by atoms with Crippen LogP contribution >= 0.6 is 0 Å². The lowest BCUT2D eigenvalue weighted by Crippen LogP contribution is -2.02. The van der Waals surface area contributed by atoms with Crippen molar-refractivity contribution >= 4 is 0 Å². The average Bonchev–Trinajstić information content (AvgIpc) is 2.58. The number of allylic oxidation sites excluding steroid dienone is 3. The van der Waals surface area contributed by atoms with Crippen molar-refractivity contribution in [1.29, 1.82) is 0 Å². The zero-order chi connectivity index (χ0) is 14.7. The molecule has 0 fully saturated rings. The van der Waals surface area contributed by atoms with Crippen LogP contribution in [-0.2, 0) is 6.42 Å². The Morgan fingerprint density at radius 1 is 1.45 bits per heavy atom. The van der Waals surface area contributed by atoms with Gasteiger partial charge in [0.1, 0.15) is 5.82 Å². The van der Waals surface area contributed by atoms with Gasteiger partial charge >= 0.3 is 0 Å². The Balaban J connectivity index is 2.57. The molecule has 0 saturated carbocycles. The van der Waals surface area contributed by atoms with Gasteiger partial charge in [0, 0.05) is 5.92 Å². The first-order valence-electron chi connectivity index (χ1n) is 7.01. The van der Waals surface area contributed by atoms with Crippen LogP contribution in [0.4, 0.5) is 4.39 Å². The molecule has 0 aliphatic heterocycles. The molecular formula is C18H21FO. The number of fused-ring (bicyclic) bond motifs is 1. The molecule has 0 radical (unpaired) electrons. The van der Waals surface area contributed by atoms with Gasteiger partial charge in [0.2, 0.25) is 0 Å². The van der Waals surface area contributed by atoms with Crippen LogP contribution < -0.4 is 0 Å². The molecule has 1 unspecified atom stereocenters. The summed E-state index contributed by atoms with van der Waals surface area (Å²) in [5, 5.41) is 9.39. The molecule has 106 valence electrons. The molecule has 0 heterocycles. The molecule has 0 amide bonds. The second-order valence-electron chi connectivity index (χ2n) is 5.26. The minimum absolute atomic E-state index is 0.0339. The minimum Gasteiger partial charge on any atom is -0.392 e. The number of benzene rings is 1. The topological polar surface area (TPSA) is 20.2 Å². The Morgan fingerprint density at radius 3 is 2.85 bits per heavy atom. The quantitative estimate of drug-likeness (QED) is 0.870. The Hall–Kier alpha value is -1.67. The molecule has 0 saturated heterocycles. The van der Waals surface area contributed by atoms with Crippen LogP contribution in [-0.4, -0.2) is 11.7 Å². The van der Waals surface area contributed by atoms with Crippen molar-refractivity contribution in [3.63, 3.8) is 0 Å². The van der Waals surface area contributed by atoms with Crippen molar-refractivity contribution in [2.24, 2.45) is 0 Å². The van der Waals surface area contributed by atoms with E-state index < -0.39 is 0 Å². The lowest BCUT2D eigenvalue weighted by atomic mass is 9.87. The summed E-state index contributed by atoms with van der Waals surface area (Å²) in [7, 11) is 0. The number of aliphatic hydroxyl groups is 1. The fraction of sp³-hybridized carbons (Fsp3) is 0.333. The number of halogens is 1. The summed E-state index contributed by atoms with van der Waals surface area (Å²) in [6.45, 7) is 7.99. The van der Waals surface area contributed by atoms with E-state index in [1.165, 1.54) is 11.6 Å². The van der Waals surface area contributed by atoms with Gasteiger partial charge in [-0.1, -0.05) is 31.7 Å². The third-order valence-electron chi connectivity index (χ3n) is 4.00. The van der Waals surface area contributed by atoms with E-state index in [-0.39, 0.29) is 18.3 Å². The summed E-state index contributed by atoms with van der Waals surface area (Å²) in [5.74, 6) is -0.0856. The summed E-state index contributed by atoms with van der Waals surface area (Å²) >= 11 is 0. The van der Waals surface area contributed by atoms with Crippen molar-refractivity contribution in [3.05, 3.63) is 70.6 Å². The summed E-state index contributed by atoms with van der Waals surface area (Å²) < 4.78 is 13.5. The highest BCUT2D eigenvalue weighted by molar-refractivity contribution is 5.49. The standard InChI is InChI=1S/C18H21FO/c1-4-5-17-13(3)18-10-15(19)8-6-14(18)7-9-16(17)12(2)11-20/h4-6,8,10,13,20H,2,7,9,11H2,1,3H3/b5-4-. The molecule has 1 nitrogen and oxygen atoms in total. The van der Waals surface area contributed by atoms with Gasteiger partial charge in [-0.05, 0) is 59.7 Å². The first-order valence-corrected chi connectivity index (χ1v) is 7.01. The molecule has 0 aromatic heterocycles. The van der Waals surface area contributed by atoms with Gasteiger partial charge in [0.15, 0.2) is 0 Å². The van der Waals surface area contributed by atoms with E-state index >= 15 is 0 Å². The summed E-state index contributed by atoms with van der Waals surface area (Å²) in [6.07, 6.45) is 5.74. The molecule has 1 aliphatic rings. The van der Waals surface area contributed by atoms with Crippen molar-refractivity contribution in [2.75, 3.05) is 6.61 Å². The normalized spacial score (nSPS) is 19.1. The van der Waals surface area contributed by atoms with Crippen LogP contribution in [0.3, 0.4) is 0 Å². The van der Waals surface area contributed by atoms with Crippen molar-refractivity contribution < 1.29 is 9.50 Å². The van der Waals surface area contributed by atoms with E-state index in [9.17, 15) is 9.50 Å². The van der Waals surface area contributed by atoms with Crippen LogP contribution in [0.15, 0.2) is 53.6 Å². The second kappa shape index (κ2) is 6.19. The maximum absolute atomic E-state index is 13.5. The molecule has 1 aromatic rings. The molecule has 20 heavy (non-hydrogen) atoms. The monoisotopic (exact) mass is 272 g/mol. The fourth-order valence-electron chi connectivity index (χ4n) is 2.93. The van der Waals surface area contributed by atoms with E-state index in [0.29, 0.717) is 0 Å². The largest absolute Gasteiger partial charge is 0.392 e. The Bertz CT molecular complexity index is 581. The highest BCUT2D eigenvalue weighted by Gasteiger charge is 2.22. The maximum atomic E-state index is 13.5. The summed E-state index contributed by atoms with van der Waals surface area (Å²) in [6, 6.07) is 5.03. The molecule has 1 aliphatic carbocycles. The third-order valence-corrected chi connectivity index (χ3v) is 4.00. The van der Waals surface area contributed by atoms with E-state index in [0.717, 1.165) is 35.1 Å². The zero-order valence-electron chi connectivity index (χ0n) is 12.1. The van der Waals surface area contributed by atoms with Gasteiger partial charge in [-0.3, -0.25) is 0 Å². The molecule has 0 bridgehead atoms. The predicted octanol–water partition coefficient (Wildman–Crippen LogP) is 4.30. The van der Waals surface area contributed by atoms with Gasteiger partial charge in [0.25, 0.3) is 0 Å². The molecule has 0 spiro atoms. The van der Waals surface area contributed by atoms with Crippen molar-refractivity contribution in [1.82, 2.24) is 0 Å². The van der Waals surface area contributed by atoms with Crippen molar-refractivity contribution in [2.45, 2.75) is 32.6 Å². The number of aryl methyl sites for hydroxylation is 1. The average molecular weight is 272 g/mol. The first kappa shape index (κ1) is 14.7. The van der Waals surface area contributed by atoms with Crippen LogP contribution in [0, 0.1) is 5.82 Å². The molecule has 1 aromatic carbocycles. The van der Waals surface area contributed by atoms with Crippen LogP contribution in [0.5, 0.6) is 0 Å². The Kier molecular flexibility index (Phi) is 4.56. The number of hydrogen-bond acceptors (Lipinski definition) is 1. The first-order chi connectivity index (χ1) is 9.58. The van der Waals surface area contributed by atoms with Crippen molar-refractivity contribution in [3.8, 4) is 0 Å². The summed E-state index contributed by atoms with van der Waals surface area (Å²) in [5.41, 5.74) is 5.23. The van der Waals surface area contributed by atoms with Crippen LogP contribution in [0.1, 0.15) is 37.3 Å². The van der Waals surface area contributed by atoms with E-state index in [1.807, 2.05) is 19.1 Å². The maximum Gasteiger partial charge on any atom is 0.123 e. The predicted molar refractivity (Wildman–Crippen MR) is 81.2 cm³/mol. The lowest BCUT2D eigenvalue weighted by Gasteiger charge is -2.18. The summed E-state index contributed by atoms with van der Waals surface area (Å²) in [4.78, 5) is 0. The van der Waals surface area contributed by atoms with Crippen LogP contribution in [0.25, 0.3) is 0 Å². The lowest BCUT2D eigenvalue weighted by molar-refractivity contribution is 0.333. The second-order valence-corrected chi connectivity index (χ2v) is 5.26. The number of aliphatic hydroxyl groups excluding tert-OH is 1. The minimum atomic E-state index is -0.195. The highest BCUT2D eigenvalue weighted by Crippen LogP contribution is 2.37. The van der Waals surface area contributed by atoms with Crippen LogP contribution in [0.2, 0.25) is 0 Å². The van der Waals surface area contributed by atoms with Gasteiger partial charge in [-0.15, -0.1) is 0 Å². The number of hydrogen-bond donors (Lipinski definition) is 1. The van der Waals surface area contributed by atoms with Gasteiger partial charge in [0.05, 0.1) is 6.61 Å². The molecule has 1 N–H and O–H groups in total. The molecule has 2 heteroatoms. The highest BCUT2D eigenvalue weighted by atomic mass is 19.1. The molecular weight excluding hydrogens is 251 g/mol. The molecule has 1 atom stereocenters. The van der Waals surface area contributed by atoms with Gasteiger partial charge < -0.3 is 5.11 Å². The number of rotatable bonds is 3. The smallest absolute Gasteiger partial charge is 0.123 e. The zero-order valence-corrected chi connectivity index (χ0v) is 12.1. The van der Waals surface area contributed by atoms with Gasteiger partial charge in [-0.25, -0.2) is 4.39 Å². The van der Waals surface area contributed by atoms with E-state index in [2.05, 4.69) is 19.6 Å².